The maximum Gasteiger partial charge on any atom is 0.0701 e. The van der Waals surface area contributed by atoms with Crippen LogP contribution >= 0.6 is 27.3 Å². The van der Waals surface area contributed by atoms with Crippen LogP contribution in [0, 0.1) is 6.92 Å². The van der Waals surface area contributed by atoms with Gasteiger partial charge in [0.15, 0.2) is 0 Å². The number of rotatable bonds is 5. The van der Waals surface area contributed by atoms with Gasteiger partial charge in [-0.15, -0.1) is 11.3 Å². The molecule has 1 heterocycles. The molecule has 1 unspecified atom stereocenters. The summed E-state index contributed by atoms with van der Waals surface area (Å²) < 4.78 is 1.21. The third-order valence-electron chi connectivity index (χ3n) is 3.09. The lowest BCUT2D eigenvalue weighted by Gasteiger charge is -2.15. The summed E-state index contributed by atoms with van der Waals surface area (Å²) in [5.74, 6) is 0. The highest BCUT2D eigenvalue weighted by Crippen LogP contribution is 2.23. The topological polar surface area (TPSA) is 12.0 Å². The Balaban J connectivity index is 1.99. The molecule has 18 heavy (non-hydrogen) atoms. The van der Waals surface area contributed by atoms with Gasteiger partial charge < -0.3 is 5.32 Å². The number of halogens is 1. The minimum Gasteiger partial charge on any atom is -0.316 e. The van der Waals surface area contributed by atoms with Gasteiger partial charge in [0.25, 0.3) is 0 Å². The lowest BCUT2D eigenvalue weighted by Crippen LogP contribution is -2.29. The minimum atomic E-state index is 0.498. The molecule has 0 saturated carbocycles. The normalized spacial score (nSPS) is 12.6. The Kier molecular flexibility index (Phi) is 4.98. The molecule has 1 nitrogen and oxygen atoms in total. The monoisotopic (exact) mass is 323 g/mol. The molecule has 96 valence electrons. The quantitative estimate of drug-likeness (QED) is 0.869. The van der Waals surface area contributed by atoms with E-state index in [4.69, 9.17) is 0 Å². The fourth-order valence-corrected chi connectivity index (χ4v) is 3.55. The molecule has 0 aliphatic carbocycles. The van der Waals surface area contributed by atoms with E-state index in [9.17, 15) is 0 Å². The molecule has 1 aromatic carbocycles. The predicted octanol–water partition coefficient (Wildman–Crippen LogP) is 4.19. The smallest absolute Gasteiger partial charge is 0.0701 e. The summed E-state index contributed by atoms with van der Waals surface area (Å²) in [5, 5.41) is 3.41. The lowest BCUT2D eigenvalue weighted by atomic mass is 10.0. The van der Waals surface area contributed by atoms with Crippen molar-refractivity contribution in [3.8, 4) is 0 Å². The summed E-state index contributed by atoms with van der Waals surface area (Å²) in [5.41, 5.74) is 2.72. The fourth-order valence-electron chi connectivity index (χ4n) is 1.99. The second-order valence-electron chi connectivity index (χ2n) is 4.59. The van der Waals surface area contributed by atoms with Gasteiger partial charge in [0.2, 0.25) is 0 Å². The molecule has 0 bridgehead atoms. The van der Waals surface area contributed by atoms with Crippen LogP contribution in [0.2, 0.25) is 0 Å². The second-order valence-corrected chi connectivity index (χ2v) is 7.13. The Morgan fingerprint density at radius 2 is 1.83 bits per heavy atom. The number of thiophene rings is 1. The van der Waals surface area contributed by atoms with E-state index in [0.29, 0.717) is 6.04 Å². The van der Waals surface area contributed by atoms with E-state index in [0.717, 1.165) is 12.8 Å². The van der Waals surface area contributed by atoms with Crippen molar-refractivity contribution in [1.29, 1.82) is 0 Å². The first kappa shape index (κ1) is 13.8. The van der Waals surface area contributed by atoms with Gasteiger partial charge in [-0.05, 0) is 60.4 Å². The average Bonchev–Trinajstić information content (AvgIpc) is 2.77. The van der Waals surface area contributed by atoms with Crippen LogP contribution in [0.1, 0.15) is 16.0 Å². The van der Waals surface area contributed by atoms with Crippen LogP contribution in [0.5, 0.6) is 0 Å². The highest BCUT2D eigenvalue weighted by atomic mass is 79.9. The number of hydrogen-bond donors (Lipinski definition) is 1. The Hall–Kier alpha value is -0.640. The number of nitrogens with one attached hydrogen (secondary N) is 1. The maximum absolute atomic E-state index is 3.52. The molecule has 0 radical (unpaired) electrons. The van der Waals surface area contributed by atoms with Crippen LogP contribution in [0.15, 0.2) is 40.2 Å². The molecule has 0 amide bonds. The van der Waals surface area contributed by atoms with Crippen LogP contribution in [0.25, 0.3) is 0 Å². The van der Waals surface area contributed by atoms with Crippen LogP contribution in [-0.4, -0.2) is 13.1 Å². The van der Waals surface area contributed by atoms with Crippen molar-refractivity contribution in [3.63, 3.8) is 0 Å². The highest BCUT2D eigenvalue weighted by molar-refractivity contribution is 9.11. The number of benzene rings is 1. The molecule has 0 fully saturated rings. The molecule has 1 atom stereocenters. The first-order valence-corrected chi connectivity index (χ1v) is 7.75. The maximum atomic E-state index is 3.52. The van der Waals surface area contributed by atoms with Gasteiger partial charge >= 0.3 is 0 Å². The van der Waals surface area contributed by atoms with Gasteiger partial charge in [0, 0.05) is 10.9 Å². The van der Waals surface area contributed by atoms with Crippen LogP contribution in [0.4, 0.5) is 0 Å². The molecule has 2 aromatic rings. The standard InChI is InChI=1S/C15H18BrNS/c1-11-3-5-12(6-4-11)9-13(17-2)10-14-7-8-15(16)18-14/h3-8,13,17H,9-10H2,1-2H3. The van der Waals surface area contributed by atoms with E-state index in [1.165, 1.54) is 19.8 Å². The Morgan fingerprint density at radius 3 is 2.39 bits per heavy atom. The van der Waals surface area contributed by atoms with Gasteiger partial charge in [-0.1, -0.05) is 29.8 Å². The highest BCUT2D eigenvalue weighted by Gasteiger charge is 2.09. The first-order chi connectivity index (χ1) is 8.67. The third kappa shape index (κ3) is 3.94. The van der Waals surface area contributed by atoms with Gasteiger partial charge in [-0.2, -0.15) is 0 Å². The number of likely N-dealkylation sites (N-methyl/N-ethyl adjacent to an activating group) is 1. The SMILES string of the molecule is CNC(Cc1ccc(C)cc1)Cc1ccc(Br)s1. The number of hydrogen-bond acceptors (Lipinski definition) is 2. The largest absolute Gasteiger partial charge is 0.316 e. The van der Waals surface area contributed by atoms with Crippen molar-refractivity contribution in [1.82, 2.24) is 5.32 Å². The molecule has 0 aliphatic rings. The minimum absolute atomic E-state index is 0.498. The van der Waals surface area contributed by atoms with Crippen molar-refractivity contribution in [2.45, 2.75) is 25.8 Å². The van der Waals surface area contributed by atoms with E-state index in [2.05, 4.69) is 64.6 Å². The van der Waals surface area contributed by atoms with E-state index in [1.54, 1.807) is 0 Å². The Bertz CT molecular complexity index is 489. The van der Waals surface area contributed by atoms with Crippen molar-refractivity contribution >= 4 is 27.3 Å². The molecule has 2 rings (SSSR count). The predicted molar refractivity (Wildman–Crippen MR) is 83.5 cm³/mol. The van der Waals surface area contributed by atoms with Crippen LogP contribution in [0.3, 0.4) is 0 Å². The van der Waals surface area contributed by atoms with E-state index < -0.39 is 0 Å². The zero-order chi connectivity index (χ0) is 13.0. The van der Waals surface area contributed by atoms with Crippen LogP contribution < -0.4 is 5.32 Å². The van der Waals surface area contributed by atoms with E-state index >= 15 is 0 Å². The van der Waals surface area contributed by atoms with Gasteiger partial charge in [0.1, 0.15) is 0 Å². The van der Waals surface area contributed by atoms with Gasteiger partial charge in [-0.25, -0.2) is 0 Å². The molecule has 0 spiro atoms. The zero-order valence-electron chi connectivity index (χ0n) is 10.7. The molecular formula is C15H18BrNS. The summed E-state index contributed by atoms with van der Waals surface area (Å²) in [6.07, 6.45) is 2.16. The average molecular weight is 324 g/mol. The molecular weight excluding hydrogens is 306 g/mol. The van der Waals surface area contributed by atoms with Crippen molar-refractivity contribution in [2.24, 2.45) is 0 Å². The second kappa shape index (κ2) is 6.50. The Labute approximate surface area is 121 Å². The molecule has 3 heteroatoms. The number of aryl methyl sites for hydroxylation is 1. The molecule has 1 N–H and O–H groups in total. The molecule has 1 aromatic heterocycles. The van der Waals surface area contributed by atoms with Crippen molar-refractivity contribution < 1.29 is 0 Å². The summed E-state index contributed by atoms with van der Waals surface area (Å²) in [6.45, 7) is 2.13. The third-order valence-corrected chi connectivity index (χ3v) is 4.73. The summed E-state index contributed by atoms with van der Waals surface area (Å²) >= 11 is 5.34. The summed E-state index contributed by atoms with van der Waals surface area (Å²) in [4.78, 5) is 1.42. The molecule has 0 aliphatic heterocycles. The Morgan fingerprint density at radius 1 is 1.11 bits per heavy atom. The zero-order valence-corrected chi connectivity index (χ0v) is 13.1. The lowest BCUT2D eigenvalue weighted by molar-refractivity contribution is 0.560. The summed E-state index contributed by atoms with van der Waals surface area (Å²) in [7, 11) is 2.04. The van der Waals surface area contributed by atoms with E-state index in [1.807, 2.05) is 18.4 Å². The van der Waals surface area contributed by atoms with Crippen molar-refractivity contribution in [2.75, 3.05) is 7.05 Å². The molecule has 0 saturated heterocycles. The first-order valence-electron chi connectivity index (χ1n) is 6.14. The van der Waals surface area contributed by atoms with Gasteiger partial charge in [0.05, 0.1) is 3.79 Å². The van der Waals surface area contributed by atoms with Crippen molar-refractivity contribution in [3.05, 3.63) is 56.2 Å². The van der Waals surface area contributed by atoms with Gasteiger partial charge in [-0.3, -0.25) is 0 Å². The van der Waals surface area contributed by atoms with E-state index in [-0.39, 0.29) is 0 Å². The fraction of sp³-hybridized carbons (Fsp3) is 0.333. The summed E-state index contributed by atoms with van der Waals surface area (Å²) in [6, 6.07) is 13.6. The van der Waals surface area contributed by atoms with Crippen LogP contribution in [-0.2, 0) is 12.8 Å².